The third kappa shape index (κ3) is 13.8. The molecule has 2 aromatic rings. The number of aryl methyl sites for hydroxylation is 1. The van der Waals surface area contributed by atoms with Crippen LogP contribution in [0.2, 0.25) is 0 Å². The van der Waals surface area contributed by atoms with Crippen LogP contribution in [0.1, 0.15) is 160 Å². The van der Waals surface area contributed by atoms with Crippen LogP contribution in [0, 0.1) is 24.7 Å². The fourth-order valence-electron chi connectivity index (χ4n) is 9.82. The summed E-state index contributed by atoms with van der Waals surface area (Å²) in [6.45, 7) is 15.3. The van der Waals surface area contributed by atoms with E-state index in [0.29, 0.717) is 44.0 Å². The Hall–Kier alpha value is -3.93. The van der Waals surface area contributed by atoms with E-state index in [1.807, 2.05) is 58.0 Å². The molecular formula is C52H79N3O8. The van der Waals surface area contributed by atoms with E-state index in [9.17, 15) is 15.0 Å². The van der Waals surface area contributed by atoms with Gasteiger partial charge < -0.3 is 38.9 Å². The predicted octanol–water partition coefficient (Wildman–Crippen LogP) is 11.4. The van der Waals surface area contributed by atoms with E-state index in [1.165, 1.54) is 44.9 Å². The lowest BCUT2D eigenvalue weighted by Crippen LogP contribution is -2.69. The molecule has 1 amide bonds. The summed E-state index contributed by atoms with van der Waals surface area (Å²) in [5.41, 5.74) is 3.95. The zero-order valence-electron chi connectivity index (χ0n) is 39.5. The fraction of sp³-hybridized carbons (Fsp3) is 0.673. The van der Waals surface area contributed by atoms with Crippen LogP contribution in [0.5, 0.6) is 11.5 Å². The maximum Gasteiger partial charge on any atom is 0.409 e. The molecule has 1 aromatic heterocycles. The summed E-state index contributed by atoms with van der Waals surface area (Å²) in [5.74, 6) is -0.317. The van der Waals surface area contributed by atoms with Crippen molar-refractivity contribution < 1.29 is 38.8 Å². The molecule has 2 aliphatic carbocycles. The number of benzene rings is 1. The molecule has 1 aromatic carbocycles. The van der Waals surface area contributed by atoms with Gasteiger partial charge in [-0.25, -0.2) is 4.79 Å². The number of aromatic nitrogens is 1. The average Bonchev–Trinajstić information content (AvgIpc) is 3.26. The first-order valence-electron chi connectivity index (χ1n) is 24.2. The Labute approximate surface area is 378 Å². The third-order valence-corrected chi connectivity index (χ3v) is 12.9. The summed E-state index contributed by atoms with van der Waals surface area (Å²) in [5, 5.41) is 24.8. The van der Waals surface area contributed by atoms with E-state index in [4.69, 9.17) is 28.9 Å². The average molecular weight is 874 g/mol. The molecule has 0 bridgehead atoms. The summed E-state index contributed by atoms with van der Waals surface area (Å²) in [6, 6.07) is 11.3. The van der Waals surface area contributed by atoms with Crippen LogP contribution in [-0.4, -0.2) is 82.8 Å². The van der Waals surface area contributed by atoms with Crippen molar-refractivity contribution in [1.82, 2.24) is 9.88 Å². The van der Waals surface area contributed by atoms with E-state index in [1.54, 1.807) is 18.0 Å². The van der Waals surface area contributed by atoms with Crippen molar-refractivity contribution in [2.75, 3.05) is 33.5 Å². The van der Waals surface area contributed by atoms with Gasteiger partial charge >= 0.3 is 6.09 Å². The highest BCUT2D eigenvalue weighted by Crippen LogP contribution is 2.62. The number of unbranched alkanes of at least 4 members (excludes halogenated alkanes) is 11. The van der Waals surface area contributed by atoms with Gasteiger partial charge in [-0.15, -0.1) is 6.58 Å². The second-order valence-corrected chi connectivity index (χ2v) is 18.9. The molecule has 63 heavy (non-hydrogen) atoms. The topological polar surface area (TPSA) is 132 Å². The molecule has 2 heterocycles. The molecule has 11 heteroatoms. The minimum Gasteiger partial charge on any atom is -0.487 e. The molecule has 0 spiro atoms. The lowest BCUT2D eigenvalue weighted by Gasteiger charge is -2.59. The number of ether oxygens (including phenoxy) is 4. The standard InChI is InChI=1S/C52H79N3O8/c1-8-10-11-12-13-14-15-16-17-22-33-59-50(58)55(7)47-36-45(54-63-51(4,5)6)43-34-39(25-18-20-30-56)42(27-19-21-31-57)48-44-35-41(60-37-40-26-23-24-38(3)53-40)28-29-46(44)62-52(47,49(43)48)61-32-9-2/h9,23-24,26,28-29,34-35,39,42,47-49,56-57H,2,8,10-22,25,27,30-33,36-37H2,1,3-7H3/t39-,42+,47-,48+,49+,52+/m0/s1. The Balaban J connectivity index is 1.54. The van der Waals surface area contributed by atoms with Gasteiger partial charge in [0.2, 0.25) is 5.79 Å². The van der Waals surface area contributed by atoms with Crippen molar-refractivity contribution in [2.24, 2.45) is 22.9 Å². The Kier molecular flexibility index (Phi) is 19.8. The highest BCUT2D eigenvalue weighted by molar-refractivity contribution is 6.03. The monoisotopic (exact) mass is 874 g/mol. The Morgan fingerprint density at radius 1 is 0.968 bits per heavy atom. The molecule has 0 unspecified atom stereocenters. The maximum atomic E-state index is 14.2. The van der Waals surface area contributed by atoms with Gasteiger partial charge in [-0.05, 0) is 108 Å². The number of nitrogens with zero attached hydrogens (tertiary/aromatic N) is 3. The molecule has 2 N–H and O–H groups in total. The van der Waals surface area contributed by atoms with Gasteiger partial charge in [-0.3, -0.25) is 4.98 Å². The van der Waals surface area contributed by atoms with Crippen molar-refractivity contribution in [3.05, 3.63) is 77.7 Å². The lowest BCUT2D eigenvalue weighted by atomic mass is 9.55. The number of aliphatic hydroxyl groups is 2. The Morgan fingerprint density at radius 3 is 2.33 bits per heavy atom. The van der Waals surface area contributed by atoms with Crippen LogP contribution >= 0.6 is 0 Å². The minimum atomic E-state index is -1.34. The third-order valence-electron chi connectivity index (χ3n) is 12.9. The van der Waals surface area contributed by atoms with Gasteiger partial charge in [0, 0.05) is 43.9 Å². The first-order chi connectivity index (χ1) is 30.5. The second-order valence-electron chi connectivity index (χ2n) is 18.9. The summed E-state index contributed by atoms with van der Waals surface area (Å²) in [4.78, 5) is 26.8. The van der Waals surface area contributed by atoms with E-state index in [0.717, 1.165) is 73.2 Å². The first kappa shape index (κ1) is 50.1. The van der Waals surface area contributed by atoms with Crippen LogP contribution in [0.3, 0.4) is 0 Å². The van der Waals surface area contributed by atoms with Crippen molar-refractivity contribution in [3.8, 4) is 11.5 Å². The molecular weight excluding hydrogens is 795 g/mol. The number of fused-ring (bicyclic) bond motifs is 2. The number of hydrogen-bond donors (Lipinski definition) is 2. The molecule has 0 saturated heterocycles. The predicted molar refractivity (Wildman–Crippen MR) is 250 cm³/mol. The van der Waals surface area contributed by atoms with Crippen molar-refractivity contribution in [1.29, 1.82) is 0 Å². The smallest absolute Gasteiger partial charge is 0.409 e. The summed E-state index contributed by atoms with van der Waals surface area (Å²) >= 11 is 0. The summed E-state index contributed by atoms with van der Waals surface area (Å²) < 4.78 is 26.8. The van der Waals surface area contributed by atoms with Gasteiger partial charge in [0.25, 0.3) is 0 Å². The quantitative estimate of drug-likeness (QED) is 0.0511. The molecule has 1 fully saturated rings. The number of amides is 1. The number of allylic oxidation sites excluding steroid dienone is 1. The molecule has 1 aliphatic heterocycles. The fourth-order valence-corrected chi connectivity index (χ4v) is 9.82. The van der Waals surface area contributed by atoms with Crippen LogP contribution in [0.15, 0.2) is 65.9 Å². The van der Waals surface area contributed by atoms with Crippen molar-refractivity contribution in [3.63, 3.8) is 0 Å². The largest absolute Gasteiger partial charge is 0.487 e. The second kappa shape index (κ2) is 24.9. The Bertz CT molecular complexity index is 1790. The summed E-state index contributed by atoms with van der Waals surface area (Å²) in [6.07, 6.45) is 20.7. The highest BCUT2D eigenvalue weighted by Gasteiger charge is 2.65. The summed E-state index contributed by atoms with van der Waals surface area (Å²) in [7, 11) is 1.78. The van der Waals surface area contributed by atoms with Crippen LogP contribution in [-0.2, 0) is 20.9 Å². The maximum absolute atomic E-state index is 14.2. The highest BCUT2D eigenvalue weighted by atomic mass is 16.7. The lowest BCUT2D eigenvalue weighted by molar-refractivity contribution is -0.253. The molecule has 6 atom stereocenters. The van der Waals surface area contributed by atoms with Gasteiger partial charge in [-0.2, -0.15) is 0 Å². The van der Waals surface area contributed by atoms with Crippen molar-refractivity contribution in [2.45, 2.75) is 174 Å². The van der Waals surface area contributed by atoms with E-state index >= 15 is 0 Å². The van der Waals surface area contributed by atoms with E-state index in [-0.39, 0.29) is 37.6 Å². The van der Waals surface area contributed by atoms with Crippen LogP contribution in [0.25, 0.3) is 0 Å². The van der Waals surface area contributed by atoms with Crippen LogP contribution in [0.4, 0.5) is 4.79 Å². The number of hydrogen-bond acceptors (Lipinski definition) is 10. The first-order valence-corrected chi connectivity index (χ1v) is 24.2. The normalized spacial score (nSPS) is 23.3. The number of rotatable bonds is 27. The van der Waals surface area contributed by atoms with Gasteiger partial charge in [-0.1, -0.05) is 101 Å². The van der Waals surface area contributed by atoms with E-state index < -0.39 is 29.4 Å². The Morgan fingerprint density at radius 2 is 1.67 bits per heavy atom. The molecule has 11 nitrogen and oxygen atoms in total. The van der Waals surface area contributed by atoms with E-state index in [2.05, 4.69) is 30.6 Å². The molecule has 3 aliphatic rings. The minimum absolute atomic E-state index is 0.101. The number of likely N-dealkylation sites (N-methyl/N-ethyl adjacent to an activating group) is 1. The number of pyridine rings is 1. The zero-order chi connectivity index (χ0) is 45.2. The van der Waals surface area contributed by atoms with Gasteiger partial charge in [0.15, 0.2) is 0 Å². The molecule has 5 rings (SSSR count). The molecule has 0 radical (unpaired) electrons. The molecule has 1 saturated carbocycles. The number of carbonyl (C=O) groups excluding carboxylic acids is 1. The number of aliphatic hydroxyl groups excluding tert-OH is 2. The molecule has 350 valence electrons. The van der Waals surface area contributed by atoms with Gasteiger partial charge in [0.05, 0.1) is 30.5 Å². The van der Waals surface area contributed by atoms with Crippen LogP contribution < -0.4 is 9.47 Å². The number of oxime groups is 1. The SMILES string of the molecule is C=CCO[C@@]12Oc3ccc(OCc4cccc(C)n4)cc3[C@H]3[C@H](CCCCO)[C@@H](CCCCO)C=C(C(=NOC(C)(C)C)C[C@@H]1N(C)C(=O)OCCCCCCCCCCCC)[C@H]32. The van der Waals surface area contributed by atoms with Crippen molar-refractivity contribution >= 4 is 11.8 Å². The zero-order valence-corrected chi connectivity index (χ0v) is 39.5. The number of carbonyl (C=O) groups is 1. The van der Waals surface area contributed by atoms with Gasteiger partial charge in [0.1, 0.15) is 29.7 Å².